The molecule has 0 bridgehead atoms. The summed E-state index contributed by atoms with van der Waals surface area (Å²) >= 11 is 3.04. The predicted molar refractivity (Wildman–Crippen MR) is 76.2 cm³/mol. The van der Waals surface area contributed by atoms with Crippen molar-refractivity contribution in [1.29, 1.82) is 0 Å². The Kier molecular flexibility index (Phi) is 4.90. The monoisotopic (exact) mass is 356 g/mol. The first-order chi connectivity index (χ1) is 10.0. The second-order valence-corrected chi connectivity index (χ2v) is 4.99. The van der Waals surface area contributed by atoms with Gasteiger partial charge in [0.05, 0.1) is 17.1 Å². The van der Waals surface area contributed by atoms with Gasteiger partial charge in [-0.3, -0.25) is 0 Å². The molecule has 110 valence electrons. The third kappa shape index (κ3) is 3.58. The van der Waals surface area contributed by atoms with Crippen molar-refractivity contribution in [3.05, 3.63) is 63.6 Å². The van der Waals surface area contributed by atoms with Gasteiger partial charge in [-0.2, -0.15) is 0 Å². The Labute approximate surface area is 128 Å². The van der Waals surface area contributed by atoms with Crippen molar-refractivity contribution in [2.75, 3.05) is 7.11 Å². The lowest BCUT2D eigenvalue weighted by Gasteiger charge is -2.11. The average Bonchev–Trinajstić information content (AvgIpc) is 2.45. The Bertz CT molecular complexity index is 651. The van der Waals surface area contributed by atoms with Gasteiger partial charge in [0.15, 0.2) is 11.6 Å². The van der Waals surface area contributed by atoms with Crippen LogP contribution < -0.4 is 4.74 Å². The van der Waals surface area contributed by atoms with Crippen LogP contribution in [0, 0.1) is 11.6 Å². The van der Waals surface area contributed by atoms with Crippen LogP contribution in [-0.4, -0.2) is 13.1 Å². The van der Waals surface area contributed by atoms with Gasteiger partial charge in [0.25, 0.3) is 0 Å². The molecule has 6 heteroatoms. The van der Waals surface area contributed by atoms with Crippen molar-refractivity contribution in [3.63, 3.8) is 0 Å². The minimum absolute atomic E-state index is 0.0492. The van der Waals surface area contributed by atoms with E-state index in [4.69, 9.17) is 4.74 Å². The summed E-state index contributed by atoms with van der Waals surface area (Å²) in [5.74, 6) is -2.15. The van der Waals surface area contributed by atoms with E-state index in [-0.39, 0.29) is 16.8 Å². The Morgan fingerprint density at radius 2 is 1.95 bits per heavy atom. The fraction of sp³-hybridized carbons (Fsp3) is 0.133. The number of esters is 1. The van der Waals surface area contributed by atoms with E-state index in [9.17, 15) is 13.6 Å². The van der Waals surface area contributed by atoms with Crippen LogP contribution in [0.3, 0.4) is 0 Å². The topological polar surface area (TPSA) is 35.5 Å². The Morgan fingerprint density at radius 1 is 1.24 bits per heavy atom. The highest BCUT2D eigenvalue weighted by atomic mass is 79.9. The molecule has 0 spiro atoms. The number of rotatable bonds is 4. The van der Waals surface area contributed by atoms with Crippen LogP contribution in [0.25, 0.3) is 0 Å². The van der Waals surface area contributed by atoms with E-state index in [1.165, 1.54) is 7.11 Å². The van der Waals surface area contributed by atoms with Crippen molar-refractivity contribution in [2.45, 2.75) is 6.61 Å². The quantitative estimate of drug-likeness (QED) is 0.774. The van der Waals surface area contributed by atoms with Crippen LogP contribution >= 0.6 is 15.9 Å². The van der Waals surface area contributed by atoms with Gasteiger partial charge in [-0.15, -0.1) is 0 Å². The smallest absolute Gasteiger partial charge is 0.338 e. The molecule has 2 rings (SSSR count). The molecule has 21 heavy (non-hydrogen) atoms. The van der Waals surface area contributed by atoms with Gasteiger partial charge in [0.2, 0.25) is 0 Å². The van der Waals surface area contributed by atoms with E-state index >= 15 is 0 Å². The lowest BCUT2D eigenvalue weighted by atomic mass is 10.1. The average molecular weight is 357 g/mol. The number of halogens is 3. The van der Waals surface area contributed by atoms with Crippen LogP contribution in [0.5, 0.6) is 5.75 Å². The Balaban J connectivity index is 2.23. The number of benzene rings is 2. The molecule has 0 atom stereocenters. The summed E-state index contributed by atoms with van der Waals surface area (Å²) < 4.78 is 36.8. The molecule has 0 heterocycles. The molecular formula is C15H11BrF2O3. The summed E-state index contributed by atoms with van der Waals surface area (Å²) in [4.78, 5) is 11.6. The minimum atomic E-state index is -0.822. The number of carbonyl (C=O) groups is 1. The highest BCUT2D eigenvalue weighted by Gasteiger charge is 2.14. The molecule has 0 N–H and O–H groups in total. The first-order valence-corrected chi connectivity index (χ1v) is 6.75. The Hall–Kier alpha value is -1.95. The molecule has 0 saturated carbocycles. The summed E-state index contributed by atoms with van der Waals surface area (Å²) in [6.45, 7) is -0.0492. The van der Waals surface area contributed by atoms with E-state index in [0.717, 1.165) is 12.1 Å². The van der Waals surface area contributed by atoms with Gasteiger partial charge in [0, 0.05) is 11.6 Å². The van der Waals surface area contributed by atoms with E-state index in [1.54, 1.807) is 24.3 Å². The first kappa shape index (κ1) is 15.4. The van der Waals surface area contributed by atoms with Crippen LogP contribution in [0.2, 0.25) is 0 Å². The fourth-order valence-electron chi connectivity index (χ4n) is 1.77. The molecular weight excluding hydrogens is 346 g/mol. The van der Waals surface area contributed by atoms with Crippen molar-refractivity contribution in [2.24, 2.45) is 0 Å². The highest BCUT2D eigenvalue weighted by molar-refractivity contribution is 9.10. The zero-order chi connectivity index (χ0) is 15.4. The van der Waals surface area contributed by atoms with E-state index in [0.29, 0.717) is 11.1 Å². The summed E-state index contributed by atoms with van der Waals surface area (Å²) in [6.07, 6.45) is 0. The second kappa shape index (κ2) is 6.67. The van der Waals surface area contributed by atoms with Crippen LogP contribution in [-0.2, 0) is 11.3 Å². The zero-order valence-electron chi connectivity index (χ0n) is 11.0. The zero-order valence-corrected chi connectivity index (χ0v) is 12.6. The molecule has 0 amide bonds. The van der Waals surface area contributed by atoms with Crippen molar-refractivity contribution >= 4 is 21.9 Å². The normalized spacial score (nSPS) is 10.3. The lowest BCUT2D eigenvalue weighted by molar-refractivity contribution is 0.0597. The molecule has 2 aromatic carbocycles. The molecule has 0 saturated heterocycles. The van der Waals surface area contributed by atoms with E-state index in [1.807, 2.05) is 0 Å². The van der Waals surface area contributed by atoms with Crippen molar-refractivity contribution in [3.8, 4) is 5.75 Å². The lowest BCUT2D eigenvalue weighted by Crippen LogP contribution is -2.08. The maximum absolute atomic E-state index is 13.7. The van der Waals surface area contributed by atoms with Gasteiger partial charge < -0.3 is 9.47 Å². The SMILES string of the molecule is COC(=O)c1ccccc1COc1c(F)cc(F)cc1Br. The van der Waals surface area contributed by atoms with E-state index in [2.05, 4.69) is 20.7 Å². The number of hydrogen-bond acceptors (Lipinski definition) is 3. The minimum Gasteiger partial charge on any atom is -0.485 e. The molecule has 0 aliphatic carbocycles. The van der Waals surface area contributed by atoms with Gasteiger partial charge in [0.1, 0.15) is 12.4 Å². The second-order valence-electron chi connectivity index (χ2n) is 4.14. The molecule has 0 radical (unpaired) electrons. The van der Waals surface area contributed by atoms with Crippen LogP contribution in [0.15, 0.2) is 40.9 Å². The summed E-state index contributed by atoms with van der Waals surface area (Å²) in [6, 6.07) is 8.49. The summed E-state index contributed by atoms with van der Waals surface area (Å²) in [5.41, 5.74) is 0.874. The van der Waals surface area contributed by atoms with Crippen LogP contribution in [0.4, 0.5) is 8.78 Å². The predicted octanol–water partition coefficient (Wildman–Crippen LogP) is 4.09. The highest BCUT2D eigenvalue weighted by Crippen LogP contribution is 2.30. The third-order valence-electron chi connectivity index (χ3n) is 2.76. The van der Waals surface area contributed by atoms with Gasteiger partial charge in [-0.1, -0.05) is 18.2 Å². The maximum Gasteiger partial charge on any atom is 0.338 e. The van der Waals surface area contributed by atoms with Crippen molar-refractivity contribution < 1.29 is 23.0 Å². The Morgan fingerprint density at radius 3 is 2.62 bits per heavy atom. The third-order valence-corrected chi connectivity index (χ3v) is 3.35. The van der Waals surface area contributed by atoms with Gasteiger partial charge in [-0.25, -0.2) is 13.6 Å². The number of ether oxygens (including phenoxy) is 2. The number of carbonyl (C=O) groups excluding carboxylic acids is 1. The molecule has 3 nitrogen and oxygen atoms in total. The number of methoxy groups -OCH3 is 1. The summed E-state index contributed by atoms with van der Waals surface area (Å²) in [7, 11) is 1.27. The molecule has 0 fully saturated rings. The molecule has 2 aromatic rings. The van der Waals surface area contributed by atoms with Crippen molar-refractivity contribution in [1.82, 2.24) is 0 Å². The van der Waals surface area contributed by atoms with Crippen LogP contribution in [0.1, 0.15) is 15.9 Å². The van der Waals surface area contributed by atoms with Gasteiger partial charge in [-0.05, 0) is 28.1 Å². The number of hydrogen-bond donors (Lipinski definition) is 0. The molecule has 0 aromatic heterocycles. The largest absolute Gasteiger partial charge is 0.485 e. The maximum atomic E-state index is 13.7. The molecule has 0 unspecified atom stereocenters. The summed E-state index contributed by atoms with van der Waals surface area (Å²) in [5, 5.41) is 0. The fourth-order valence-corrected chi connectivity index (χ4v) is 2.29. The van der Waals surface area contributed by atoms with Gasteiger partial charge >= 0.3 is 5.97 Å². The van der Waals surface area contributed by atoms with E-state index < -0.39 is 17.6 Å². The molecule has 0 aliphatic heterocycles. The standard InChI is InChI=1S/C15H11BrF2O3/c1-20-15(19)11-5-3-2-4-9(11)8-21-14-12(16)6-10(17)7-13(14)18/h2-7H,8H2,1H3. The first-order valence-electron chi connectivity index (χ1n) is 5.96. The molecule has 0 aliphatic rings.